The lowest BCUT2D eigenvalue weighted by molar-refractivity contribution is 0.0257. The van der Waals surface area contributed by atoms with Crippen LogP contribution in [0, 0.1) is 23.2 Å². The van der Waals surface area contributed by atoms with Crippen LogP contribution in [0.4, 0.5) is 4.79 Å². The van der Waals surface area contributed by atoms with Crippen LogP contribution >= 0.6 is 0 Å². The fourth-order valence-corrected chi connectivity index (χ4v) is 4.67. The number of piperidine rings is 2. The second kappa shape index (κ2) is 11.0. The quantitative estimate of drug-likeness (QED) is 0.634. The molecule has 0 spiro atoms. The predicted octanol–water partition coefficient (Wildman–Crippen LogP) is 2.04. The van der Waals surface area contributed by atoms with Crippen molar-refractivity contribution in [1.82, 2.24) is 15.1 Å². The summed E-state index contributed by atoms with van der Waals surface area (Å²) in [5.74, 6) is 2.01. The number of carbonyl (C=O) groups is 1. The number of nitrogens with one attached hydrogen (secondary N) is 1. The minimum atomic E-state index is -0.469. The first kappa shape index (κ1) is 24.3. The molecule has 2 heterocycles. The highest BCUT2D eigenvalue weighted by atomic mass is 16.6. The Kier molecular flexibility index (Phi) is 8.35. The van der Waals surface area contributed by atoms with Crippen molar-refractivity contribution < 1.29 is 14.3 Å². The van der Waals surface area contributed by atoms with Crippen LogP contribution in [0.3, 0.4) is 0 Å². The number of benzene rings is 1. The van der Waals surface area contributed by atoms with Crippen molar-refractivity contribution in [2.75, 3.05) is 52.4 Å². The van der Waals surface area contributed by atoms with Crippen molar-refractivity contribution in [3.63, 3.8) is 0 Å². The highest BCUT2D eigenvalue weighted by Gasteiger charge is 2.34. The Morgan fingerprint density at radius 3 is 2.41 bits per heavy atom. The second-order valence-electron chi connectivity index (χ2n) is 10.1. The number of likely N-dealkylation sites (tertiary alicyclic amines) is 2. The molecule has 0 aliphatic carbocycles. The molecule has 8 heteroatoms. The molecule has 1 aromatic rings. The fraction of sp³-hybridized carbons (Fsp3) is 0.667. The maximum atomic E-state index is 11.8. The zero-order chi connectivity index (χ0) is 23.1. The number of hydrogen-bond acceptors (Lipinski definition) is 7. The number of amides is 1. The number of ether oxygens (including phenoxy) is 2. The highest BCUT2D eigenvalue weighted by Crippen LogP contribution is 2.28. The summed E-state index contributed by atoms with van der Waals surface area (Å²) >= 11 is 0. The van der Waals surface area contributed by atoms with E-state index in [0.717, 1.165) is 45.0 Å². The van der Waals surface area contributed by atoms with Gasteiger partial charge in [0.05, 0.1) is 17.7 Å². The molecule has 2 aliphatic rings. The lowest BCUT2D eigenvalue weighted by atomic mass is 9.84. The van der Waals surface area contributed by atoms with Gasteiger partial charge in [-0.1, -0.05) is 0 Å². The van der Waals surface area contributed by atoms with Crippen LogP contribution in [0.25, 0.3) is 0 Å². The SMILES string of the molecule is CC(C)(C)OC(=O)NCCN1CC2CC(C1)CN(CC(N)COc1ccc(C#N)cc1)C2. The number of rotatable bonds is 8. The van der Waals surface area contributed by atoms with Gasteiger partial charge in [0.2, 0.25) is 0 Å². The summed E-state index contributed by atoms with van der Waals surface area (Å²) in [5, 5.41) is 11.7. The first-order chi connectivity index (χ1) is 15.2. The van der Waals surface area contributed by atoms with Gasteiger partial charge in [-0.05, 0) is 63.3 Å². The lowest BCUT2D eigenvalue weighted by Gasteiger charge is -2.46. The topological polar surface area (TPSA) is 104 Å². The predicted molar refractivity (Wildman–Crippen MR) is 123 cm³/mol. The Morgan fingerprint density at radius 1 is 1.19 bits per heavy atom. The fourth-order valence-electron chi connectivity index (χ4n) is 4.67. The molecule has 1 aromatic carbocycles. The van der Waals surface area contributed by atoms with E-state index < -0.39 is 5.60 Å². The molecule has 176 valence electrons. The van der Waals surface area contributed by atoms with Gasteiger partial charge in [0.1, 0.15) is 18.0 Å². The molecular weight excluding hydrogens is 406 g/mol. The molecule has 0 aromatic heterocycles. The summed E-state index contributed by atoms with van der Waals surface area (Å²) in [5.41, 5.74) is 6.50. The monoisotopic (exact) mass is 443 g/mol. The van der Waals surface area contributed by atoms with E-state index in [1.165, 1.54) is 6.42 Å². The van der Waals surface area contributed by atoms with E-state index >= 15 is 0 Å². The number of carbonyl (C=O) groups excluding carboxylic acids is 1. The number of alkyl carbamates (subject to hydrolysis) is 1. The van der Waals surface area contributed by atoms with Gasteiger partial charge in [-0.25, -0.2) is 4.79 Å². The van der Waals surface area contributed by atoms with E-state index in [1.807, 2.05) is 32.9 Å². The highest BCUT2D eigenvalue weighted by molar-refractivity contribution is 5.67. The first-order valence-corrected chi connectivity index (χ1v) is 11.5. The third-order valence-electron chi connectivity index (χ3n) is 5.77. The van der Waals surface area contributed by atoms with Crippen molar-refractivity contribution in [3.8, 4) is 11.8 Å². The third-order valence-corrected chi connectivity index (χ3v) is 5.77. The molecule has 2 fully saturated rings. The molecule has 2 saturated heterocycles. The normalized spacial score (nSPS) is 22.6. The van der Waals surface area contributed by atoms with Crippen LogP contribution < -0.4 is 15.8 Å². The van der Waals surface area contributed by atoms with Crippen LogP contribution in [0.15, 0.2) is 24.3 Å². The van der Waals surface area contributed by atoms with Crippen molar-refractivity contribution in [3.05, 3.63) is 29.8 Å². The molecule has 3 atom stereocenters. The Morgan fingerprint density at radius 2 is 1.81 bits per heavy atom. The van der Waals surface area contributed by atoms with Crippen molar-refractivity contribution in [2.45, 2.75) is 38.8 Å². The Hall–Kier alpha value is -2.34. The standard InChI is InChI=1S/C24H37N5O3/c1-24(2,3)32-23(30)27-8-9-28-12-19-10-20(13-28)15-29(14-19)16-21(26)17-31-22-6-4-18(11-25)5-7-22/h4-7,19-21H,8-10,12-17,26H2,1-3H3,(H,27,30). The van der Waals surface area contributed by atoms with Crippen molar-refractivity contribution >= 4 is 6.09 Å². The number of hydrogen-bond donors (Lipinski definition) is 2. The van der Waals surface area contributed by atoms with Crippen LogP contribution in [0.2, 0.25) is 0 Å². The molecule has 3 rings (SSSR count). The van der Waals surface area contributed by atoms with Crippen LogP contribution in [0.1, 0.15) is 32.8 Å². The molecule has 2 bridgehead atoms. The van der Waals surface area contributed by atoms with Gasteiger partial charge < -0.3 is 30.3 Å². The molecule has 8 nitrogen and oxygen atoms in total. The zero-order valence-electron chi connectivity index (χ0n) is 19.5. The van der Waals surface area contributed by atoms with Gasteiger partial charge in [-0.15, -0.1) is 0 Å². The summed E-state index contributed by atoms with van der Waals surface area (Å²) in [6.45, 7) is 12.6. The number of fused-ring (bicyclic) bond motifs is 2. The summed E-state index contributed by atoms with van der Waals surface area (Å²) in [4.78, 5) is 16.8. The smallest absolute Gasteiger partial charge is 0.407 e. The Balaban J connectivity index is 1.35. The summed E-state index contributed by atoms with van der Waals surface area (Å²) < 4.78 is 11.1. The van der Waals surface area contributed by atoms with Gasteiger partial charge in [0, 0.05) is 45.8 Å². The van der Waals surface area contributed by atoms with E-state index in [1.54, 1.807) is 12.1 Å². The number of nitrogens with zero attached hydrogens (tertiary/aromatic N) is 3. The summed E-state index contributed by atoms with van der Waals surface area (Å²) in [7, 11) is 0. The van der Waals surface area contributed by atoms with Crippen molar-refractivity contribution in [2.24, 2.45) is 17.6 Å². The van der Waals surface area contributed by atoms with Gasteiger partial charge in [-0.2, -0.15) is 5.26 Å². The van der Waals surface area contributed by atoms with Crippen LogP contribution in [-0.2, 0) is 4.74 Å². The van der Waals surface area contributed by atoms with Gasteiger partial charge >= 0.3 is 6.09 Å². The van der Waals surface area contributed by atoms with E-state index in [0.29, 0.717) is 30.6 Å². The average molecular weight is 444 g/mol. The lowest BCUT2D eigenvalue weighted by Crippen LogP contribution is -2.55. The van der Waals surface area contributed by atoms with E-state index in [2.05, 4.69) is 21.2 Å². The maximum Gasteiger partial charge on any atom is 0.407 e. The van der Waals surface area contributed by atoms with E-state index in [-0.39, 0.29) is 12.1 Å². The molecule has 0 radical (unpaired) electrons. The Bertz CT molecular complexity index is 772. The summed E-state index contributed by atoms with van der Waals surface area (Å²) in [6, 6.07) is 9.17. The molecule has 3 N–H and O–H groups in total. The maximum absolute atomic E-state index is 11.8. The van der Waals surface area contributed by atoms with Gasteiger partial charge in [0.15, 0.2) is 0 Å². The number of nitrogens with two attached hydrogens (primary N) is 1. The third kappa shape index (κ3) is 7.97. The molecule has 0 saturated carbocycles. The molecular formula is C24H37N5O3. The molecule has 1 amide bonds. The van der Waals surface area contributed by atoms with E-state index in [9.17, 15) is 4.79 Å². The van der Waals surface area contributed by atoms with Gasteiger partial charge in [-0.3, -0.25) is 0 Å². The molecule has 32 heavy (non-hydrogen) atoms. The van der Waals surface area contributed by atoms with Crippen LogP contribution in [0.5, 0.6) is 5.75 Å². The minimum Gasteiger partial charge on any atom is -0.492 e. The minimum absolute atomic E-state index is 0.0569. The van der Waals surface area contributed by atoms with E-state index in [4.69, 9.17) is 20.5 Å². The largest absolute Gasteiger partial charge is 0.492 e. The Labute approximate surface area is 191 Å². The van der Waals surface area contributed by atoms with Crippen LogP contribution in [-0.4, -0.2) is 80.0 Å². The first-order valence-electron chi connectivity index (χ1n) is 11.5. The molecule has 2 aliphatic heterocycles. The zero-order valence-corrected chi connectivity index (χ0v) is 19.5. The number of nitriles is 1. The molecule has 3 unspecified atom stereocenters. The second-order valence-corrected chi connectivity index (χ2v) is 10.1. The van der Waals surface area contributed by atoms with Gasteiger partial charge in [0.25, 0.3) is 0 Å². The summed E-state index contributed by atoms with van der Waals surface area (Å²) in [6.07, 6.45) is 0.918. The van der Waals surface area contributed by atoms with Crippen molar-refractivity contribution in [1.29, 1.82) is 5.26 Å². The average Bonchev–Trinajstić information content (AvgIpc) is 2.70.